The summed E-state index contributed by atoms with van der Waals surface area (Å²) in [5.74, 6) is -0.671. The van der Waals surface area contributed by atoms with Gasteiger partial charge in [-0.2, -0.15) is 0 Å². The molecule has 21 heavy (non-hydrogen) atoms. The van der Waals surface area contributed by atoms with Crippen molar-refractivity contribution < 1.29 is 12.8 Å². The normalized spacial score (nSPS) is 15.4. The highest BCUT2D eigenvalue weighted by Crippen LogP contribution is 2.25. The largest absolute Gasteiger partial charge is 0.310 e. The third kappa shape index (κ3) is 4.74. The number of hydrogen-bond donors (Lipinski definition) is 2. The first-order chi connectivity index (χ1) is 9.94. The van der Waals surface area contributed by atoms with Crippen molar-refractivity contribution in [3.8, 4) is 0 Å². The Morgan fingerprint density at radius 1 is 1.38 bits per heavy atom. The Balaban J connectivity index is 2.20. The average Bonchev–Trinajstić information content (AvgIpc) is 3.23. The first-order valence-corrected chi connectivity index (χ1v) is 9.42. The third-order valence-electron chi connectivity index (χ3n) is 3.35. The summed E-state index contributed by atoms with van der Waals surface area (Å²) in [6, 6.07) is 3.37. The number of rotatable bonds is 8. The van der Waals surface area contributed by atoms with Crippen LogP contribution in [0.1, 0.15) is 38.2 Å². The predicted octanol–water partition coefficient (Wildman–Crippen LogP) is 2.92. The van der Waals surface area contributed by atoms with Gasteiger partial charge in [-0.1, -0.05) is 29.3 Å². The number of sulfonamides is 1. The number of nitrogens with one attached hydrogen (secondary N) is 2. The van der Waals surface area contributed by atoms with Crippen LogP contribution in [0.4, 0.5) is 4.39 Å². The Bertz CT molecular complexity index is 603. The average molecular weight is 379 g/mol. The molecule has 2 N–H and O–H groups in total. The van der Waals surface area contributed by atoms with E-state index in [9.17, 15) is 12.8 Å². The SMILES string of the molecule is CCCCNS(=O)(=O)c1cc(Br)cc(CNC2CC2)c1F. The second-order valence-electron chi connectivity index (χ2n) is 5.28. The third-order valence-corrected chi connectivity index (χ3v) is 5.27. The molecule has 0 aromatic heterocycles. The zero-order chi connectivity index (χ0) is 15.5. The lowest BCUT2D eigenvalue weighted by atomic mass is 10.2. The van der Waals surface area contributed by atoms with Crippen molar-refractivity contribution in [3.05, 3.63) is 28.0 Å². The van der Waals surface area contributed by atoms with Gasteiger partial charge in [0.05, 0.1) is 0 Å². The highest BCUT2D eigenvalue weighted by atomic mass is 79.9. The number of hydrogen-bond acceptors (Lipinski definition) is 3. The van der Waals surface area contributed by atoms with Gasteiger partial charge in [0.25, 0.3) is 0 Å². The van der Waals surface area contributed by atoms with E-state index in [-0.39, 0.29) is 4.90 Å². The van der Waals surface area contributed by atoms with E-state index in [2.05, 4.69) is 26.0 Å². The quantitative estimate of drug-likeness (QED) is 0.683. The molecule has 1 aromatic carbocycles. The van der Waals surface area contributed by atoms with E-state index in [1.54, 1.807) is 6.07 Å². The van der Waals surface area contributed by atoms with Crippen molar-refractivity contribution in [2.75, 3.05) is 6.54 Å². The van der Waals surface area contributed by atoms with Gasteiger partial charge in [-0.25, -0.2) is 17.5 Å². The van der Waals surface area contributed by atoms with Crippen molar-refractivity contribution in [1.29, 1.82) is 0 Å². The molecule has 2 rings (SSSR count). The van der Waals surface area contributed by atoms with Gasteiger partial charge in [0.1, 0.15) is 10.7 Å². The van der Waals surface area contributed by atoms with Gasteiger partial charge in [0.15, 0.2) is 0 Å². The summed E-state index contributed by atoms with van der Waals surface area (Å²) in [5.41, 5.74) is 0.368. The Morgan fingerprint density at radius 3 is 2.71 bits per heavy atom. The van der Waals surface area contributed by atoms with Crippen molar-refractivity contribution in [2.45, 2.75) is 50.1 Å². The molecule has 1 fully saturated rings. The summed E-state index contributed by atoms with van der Waals surface area (Å²) in [6.45, 7) is 2.63. The van der Waals surface area contributed by atoms with E-state index in [0.29, 0.717) is 29.2 Å². The van der Waals surface area contributed by atoms with Crippen molar-refractivity contribution >= 4 is 26.0 Å². The van der Waals surface area contributed by atoms with E-state index in [1.165, 1.54) is 6.07 Å². The Kier molecular flexibility index (Phi) is 5.76. The number of benzene rings is 1. The summed E-state index contributed by atoms with van der Waals surface area (Å²) in [7, 11) is -3.81. The Labute approximate surface area is 133 Å². The smallest absolute Gasteiger partial charge is 0.243 e. The molecule has 7 heteroatoms. The summed E-state index contributed by atoms with van der Waals surface area (Å²) in [5, 5.41) is 3.20. The van der Waals surface area contributed by atoms with E-state index in [0.717, 1.165) is 25.7 Å². The maximum Gasteiger partial charge on any atom is 0.243 e. The fourth-order valence-electron chi connectivity index (χ4n) is 1.95. The van der Waals surface area contributed by atoms with Crippen LogP contribution in [0.15, 0.2) is 21.5 Å². The molecule has 0 aliphatic heterocycles. The summed E-state index contributed by atoms with van der Waals surface area (Å²) < 4.78 is 41.8. The van der Waals surface area contributed by atoms with Crippen LogP contribution in [-0.2, 0) is 16.6 Å². The van der Waals surface area contributed by atoms with Gasteiger partial charge in [0.2, 0.25) is 10.0 Å². The van der Waals surface area contributed by atoms with E-state index in [1.807, 2.05) is 6.92 Å². The Morgan fingerprint density at radius 2 is 2.10 bits per heavy atom. The molecule has 0 heterocycles. The molecule has 0 spiro atoms. The second-order valence-corrected chi connectivity index (χ2v) is 7.93. The van der Waals surface area contributed by atoms with Gasteiger partial charge in [-0.05, 0) is 31.4 Å². The molecule has 4 nitrogen and oxygen atoms in total. The van der Waals surface area contributed by atoms with Gasteiger partial charge in [0, 0.05) is 29.2 Å². The molecular formula is C14H20BrFN2O2S. The summed E-state index contributed by atoms with van der Waals surface area (Å²) >= 11 is 3.26. The van der Waals surface area contributed by atoms with Crippen LogP contribution in [0.25, 0.3) is 0 Å². The fourth-order valence-corrected chi connectivity index (χ4v) is 3.82. The maximum absolute atomic E-state index is 14.4. The van der Waals surface area contributed by atoms with Crippen LogP contribution in [0, 0.1) is 5.82 Å². The van der Waals surface area contributed by atoms with Gasteiger partial charge in [-0.3, -0.25) is 0 Å². The van der Waals surface area contributed by atoms with E-state index < -0.39 is 15.8 Å². The predicted molar refractivity (Wildman–Crippen MR) is 84.1 cm³/mol. The van der Waals surface area contributed by atoms with Crippen LogP contribution in [-0.4, -0.2) is 21.0 Å². The summed E-state index contributed by atoms with van der Waals surface area (Å²) in [6.07, 6.45) is 3.80. The summed E-state index contributed by atoms with van der Waals surface area (Å²) in [4.78, 5) is -0.291. The molecule has 0 bridgehead atoms. The molecule has 1 aliphatic rings. The molecule has 1 aliphatic carbocycles. The second kappa shape index (κ2) is 7.17. The molecule has 0 atom stereocenters. The molecule has 1 aromatic rings. The fraction of sp³-hybridized carbons (Fsp3) is 0.571. The van der Waals surface area contributed by atoms with E-state index in [4.69, 9.17) is 0 Å². The highest BCUT2D eigenvalue weighted by molar-refractivity contribution is 9.10. The zero-order valence-corrected chi connectivity index (χ0v) is 14.4. The monoisotopic (exact) mass is 378 g/mol. The minimum atomic E-state index is -3.81. The van der Waals surface area contributed by atoms with Crippen LogP contribution in [0.2, 0.25) is 0 Å². The minimum absolute atomic E-state index is 0.291. The lowest BCUT2D eigenvalue weighted by molar-refractivity contribution is 0.540. The Hall–Kier alpha value is -0.500. The molecule has 0 unspecified atom stereocenters. The highest BCUT2D eigenvalue weighted by Gasteiger charge is 2.24. The zero-order valence-electron chi connectivity index (χ0n) is 12.0. The van der Waals surface area contributed by atoms with Gasteiger partial charge in [-0.15, -0.1) is 0 Å². The lowest BCUT2D eigenvalue weighted by Gasteiger charge is -2.12. The van der Waals surface area contributed by atoms with Gasteiger partial charge >= 0.3 is 0 Å². The molecule has 0 amide bonds. The van der Waals surface area contributed by atoms with Crippen LogP contribution in [0.5, 0.6) is 0 Å². The lowest BCUT2D eigenvalue weighted by Crippen LogP contribution is -2.26. The van der Waals surface area contributed by atoms with Crippen molar-refractivity contribution in [2.24, 2.45) is 0 Å². The number of halogens is 2. The standard InChI is InChI=1S/C14H20BrFN2O2S/c1-2-3-6-18-21(19,20)13-8-11(15)7-10(14(13)16)9-17-12-4-5-12/h7-8,12,17-18H,2-6,9H2,1H3. The first kappa shape index (κ1) is 16.9. The minimum Gasteiger partial charge on any atom is -0.310 e. The van der Waals surface area contributed by atoms with E-state index >= 15 is 0 Å². The van der Waals surface area contributed by atoms with Crippen molar-refractivity contribution in [1.82, 2.24) is 10.0 Å². The van der Waals surface area contributed by atoms with Crippen LogP contribution < -0.4 is 10.0 Å². The van der Waals surface area contributed by atoms with Crippen molar-refractivity contribution in [3.63, 3.8) is 0 Å². The van der Waals surface area contributed by atoms with Crippen LogP contribution in [0.3, 0.4) is 0 Å². The molecule has 0 saturated heterocycles. The maximum atomic E-state index is 14.4. The topological polar surface area (TPSA) is 58.2 Å². The molecule has 1 saturated carbocycles. The molecular weight excluding hydrogens is 359 g/mol. The molecule has 0 radical (unpaired) electrons. The van der Waals surface area contributed by atoms with Gasteiger partial charge < -0.3 is 5.32 Å². The van der Waals surface area contributed by atoms with Crippen LogP contribution >= 0.6 is 15.9 Å². The number of unbranched alkanes of at least 4 members (excludes halogenated alkanes) is 1. The first-order valence-electron chi connectivity index (χ1n) is 7.15. The molecule has 118 valence electrons.